The lowest BCUT2D eigenvalue weighted by Crippen LogP contribution is -2.16. The number of aromatic nitrogens is 2. The molecule has 0 atom stereocenters. The molecule has 0 spiro atoms. The van der Waals surface area contributed by atoms with Crippen LogP contribution in [0, 0.1) is 6.92 Å². The third-order valence-electron chi connectivity index (χ3n) is 2.82. The highest BCUT2D eigenvalue weighted by atomic mass is 32.1. The van der Waals surface area contributed by atoms with Gasteiger partial charge in [0.2, 0.25) is 0 Å². The minimum Gasteiger partial charge on any atom is -0.344 e. The maximum atomic E-state index is 4.64. The summed E-state index contributed by atoms with van der Waals surface area (Å²) >= 11 is 1.74. The van der Waals surface area contributed by atoms with E-state index < -0.39 is 0 Å². The molecule has 1 aliphatic rings. The second-order valence-electron chi connectivity index (χ2n) is 4.29. The van der Waals surface area contributed by atoms with Crippen LogP contribution < -0.4 is 5.32 Å². The third-order valence-corrected chi connectivity index (χ3v) is 3.70. The minimum atomic E-state index is 0.732. The van der Waals surface area contributed by atoms with E-state index in [-0.39, 0.29) is 0 Å². The van der Waals surface area contributed by atoms with Gasteiger partial charge in [-0.2, -0.15) is 0 Å². The molecule has 0 unspecified atom stereocenters. The monoisotopic (exact) mass is 233 g/mol. The molecule has 0 aliphatic heterocycles. The van der Waals surface area contributed by atoms with Gasteiger partial charge in [-0.25, -0.2) is 4.98 Å². The summed E-state index contributed by atoms with van der Waals surface area (Å²) < 4.78 is 0. The van der Waals surface area contributed by atoms with E-state index in [0.717, 1.165) is 29.8 Å². The predicted octanol–water partition coefficient (Wildman–Crippen LogP) is 2.70. The molecule has 3 nitrogen and oxygen atoms in total. The van der Waals surface area contributed by atoms with Crippen LogP contribution >= 0.6 is 11.3 Å². The van der Waals surface area contributed by atoms with E-state index >= 15 is 0 Å². The second-order valence-corrected chi connectivity index (χ2v) is 5.24. The van der Waals surface area contributed by atoms with Crippen molar-refractivity contribution in [2.45, 2.75) is 32.4 Å². The normalized spacial score (nSPS) is 15.6. The molecule has 1 fully saturated rings. The van der Waals surface area contributed by atoms with Gasteiger partial charge in [0.15, 0.2) is 0 Å². The number of rotatable bonds is 4. The average molecular weight is 233 g/mol. The van der Waals surface area contributed by atoms with Crippen LogP contribution in [0.5, 0.6) is 0 Å². The van der Waals surface area contributed by atoms with E-state index in [9.17, 15) is 0 Å². The summed E-state index contributed by atoms with van der Waals surface area (Å²) in [5.74, 6) is 1.05. The molecular weight excluding hydrogens is 218 g/mol. The van der Waals surface area contributed by atoms with Gasteiger partial charge in [0, 0.05) is 11.7 Å². The highest BCUT2D eigenvalue weighted by Gasteiger charge is 2.20. The Kier molecular flexibility index (Phi) is 2.53. The average Bonchev–Trinajstić information content (AvgIpc) is 2.80. The molecule has 2 heterocycles. The number of aryl methyl sites for hydroxylation is 1. The lowest BCUT2D eigenvalue weighted by Gasteiger charge is -1.97. The van der Waals surface area contributed by atoms with Gasteiger partial charge in [0.25, 0.3) is 0 Å². The molecule has 1 aliphatic carbocycles. The van der Waals surface area contributed by atoms with Gasteiger partial charge in [-0.1, -0.05) is 6.07 Å². The molecule has 2 aromatic heterocycles. The molecule has 4 heteroatoms. The van der Waals surface area contributed by atoms with Gasteiger partial charge in [0.05, 0.1) is 11.4 Å². The molecule has 1 saturated carbocycles. The Balaban J connectivity index is 1.78. The molecule has 0 saturated heterocycles. The highest BCUT2D eigenvalue weighted by Crippen LogP contribution is 2.26. The summed E-state index contributed by atoms with van der Waals surface area (Å²) in [7, 11) is 0. The molecule has 2 aromatic rings. The van der Waals surface area contributed by atoms with Crippen molar-refractivity contribution in [2.75, 3.05) is 0 Å². The third kappa shape index (κ3) is 2.03. The molecule has 3 rings (SSSR count). The molecular formula is C12H15N3S. The van der Waals surface area contributed by atoms with Crippen LogP contribution in [0.25, 0.3) is 10.6 Å². The van der Waals surface area contributed by atoms with Gasteiger partial charge in [0.1, 0.15) is 11.5 Å². The Bertz CT molecular complexity index is 468. The van der Waals surface area contributed by atoms with Gasteiger partial charge in [-0.05, 0) is 31.2 Å². The van der Waals surface area contributed by atoms with Crippen LogP contribution in [0.1, 0.15) is 24.4 Å². The maximum Gasteiger partial charge on any atom is 0.121 e. The first kappa shape index (κ1) is 10.1. The first-order chi connectivity index (χ1) is 7.83. The van der Waals surface area contributed by atoms with Crippen LogP contribution in [0.2, 0.25) is 0 Å². The second kappa shape index (κ2) is 4.03. The van der Waals surface area contributed by atoms with Crippen molar-refractivity contribution in [1.29, 1.82) is 0 Å². The smallest absolute Gasteiger partial charge is 0.121 e. The van der Waals surface area contributed by atoms with Crippen molar-refractivity contribution >= 4 is 11.3 Å². The van der Waals surface area contributed by atoms with Crippen molar-refractivity contribution in [1.82, 2.24) is 15.3 Å². The number of hydrogen-bond acceptors (Lipinski definition) is 3. The van der Waals surface area contributed by atoms with E-state index in [0.29, 0.717) is 0 Å². The minimum absolute atomic E-state index is 0.732. The molecule has 0 bridgehead atoms. The summed E-state index contributed by atoms with van der Waals surface area (Å²) in [5.41, 5.74) is 2.26. The maximum absolute atomic E-state index is 4.64. The fraction of sp³-hybridized carbons (Fsp3) is 0.417. The topological polar surface area (TPSA) is 40.7 Å². The van der Waals surface area contributed by atoms with Gasteiger partial charge in [-0.3, -0.25) is 0 Å². The largest absolute Gasteiger partial charge is 0.344 e. The predicted molar refractivity (Wildman–Crippen MR) is 66.5 cm³/mol. The van der Waals surface area contributed by atoms with Crippen LogP contribution in [-0.2, 0) is 6.54 Å². The standard InChI is InChI=1S/C12H15N3S/c1-8-12(10-3-2-6-16-10)15-11(14-8)7-13-9-4-5-9/h2-3,6,9,13H,4-5,7H2,1H3,(H,14,15). The zero-order valence-electron chi connectivity index (χ0n) is 9.29. The van der Waals surface area contributed by atoms with Crippen molar-refractivity contribution < 1.29 is 0 Å². The van der Waals surface area contributed by atoms with Crippen LogP contribution in [0.15, 0.2) is 17.5 Å². The molecule has 84 valence electrons. The first-order valence-corrected chi connectivity index (χ1v) is 6.53. The Morgan fingerprint density at radius 3 is 3.12 bits per heavy atom. The Labute approximate surface area is 98.9 Å². The van der Waals surface area contributed by atoms with E-state index in [1.54, 1.807) is 11.3 Å². The van der Waals surface area contributed by atoms with Crippen molar-refractivity contribution in [3.05, 3.63) is 29.0 Å². The molecule has 0 aromatic carbocycles. The summed E-state index contributed by atoms with van der Waals surface area (Å²) in [5, 5.41) is 5.56. The number of aromatic amines is 1. The Morgan fingerprint density at radius 2 is 2.44 bits per heavy atom. The number of H-pyrrole nitrogens is 1. The Morgan fingerprint density at radius 1 is 1.56 bits per heavy atom. The zero-order chi connectivity index (χ0) is 11.0. The van der Waals surface area contributed by atoms with Crippen LogP contribution in [0.3, 0.4) is 0 Å². The number of imidazole rings is 1. The first-order valence-electron chi connectivity index (χ1n) is 5.65. The summed E-state index contributed by atoms with van der Waals surface area (Å²) in [6.45, 7) is 2.94. The molecule has 16 heavy (non-hydrogen) atoms. The van der Waals surface area contributed by atoms with E-state index in [1.165, 1.54) is 17.7 Å². The fourth-order valence-electron chi connectivity index (χ4n) is 1.79. The summed E-state index contributed by atoms with van der Waals surface area (Å²) in [6, 6.07) is 4.91. The van der Waals surface area contributed by atoms with Gasteiger partial charge < -0.3 is 10.3 Å². The quantitative estimate of drug-likeness (QED) is 0.852. The number of hydrogen-bond donors (Lipinski definition) is 2. The fourth-order valence-corrected chi connectivity index (χ4v) is 2.56. The molecule has 0 radical (unpaired) electrons. The van der Waals surface area contributed by atoms with Crippen LogP contribution in [0.4, 0.5) is 0 Å². The summed E-state index contributed by atoms with van der Waals surface area (Å²) in [4.78, 5) is 9.24. The van der Waals surface area contributed by atoms with E-state index in [4.69, 9.17) is 0 Å². The van der Waals surface area contributed by atoms with Gasteiger partial charge in [-0.15, -0.1) is 11.3 Å². The van der Waals surface area contributed by atoms with E-state index in [2.05, 4.69) is 39.7 Å². The van der Waals surface area contributed by atoms with E-state index in [1.807, 2.05) is 0 Å². The number of nitrogens with zero attached hydrogens (tertiary/aromatic N) is 1. The van der Waals surface area contributed by atoms with Gasteiger partial charge >= 0.3 is 0 Å². The Hall–Kier alpha value is -1.13. The lowest BCUT2D eigenvalue weighted by molar-refractivity contribution is 0.663. The summed E-state index contributed by atoms with van der Waals surface area (Å²) in [6.07, 6.45) is 2.63. The van der Waals surface area contributed by atoms with Crippen LogP contribution in [-0.4, -0.2) is 16.0 Å². The van der Waals surface area contributed by atoms with Crippen molar-refractivity contribution in [2.24, 2.45) is 0 Å². The molecule has 2 N–H and O–H groups in total. The SMILES string of the molecule is Cc1[nH]c(CNC2CC2)nc1-c1cccs1. The number of thiophene rings is 1. The zero-order valence-corrected chi connectivity index (χ0v) is 10.1. The molecule has 0 amide bonds. The van der Waals surface area contributed by atoms with Crippen molar-refractivity contribution in [3.8, 4) is 10.6 Å². The van der Waals surface area contributed by atoms with Crippen molar-refractivity contribution in [3.63, 3.8) is 0 Å². The highest BCUT2D eigenvalue weighted by molar-refractivity contribution is 7.13. The number of nitrogens with one attached hydrogen (secondary N) is 2. The lowest BCUT2D eigenvalue weighted by atomic mass is 10.3.